The average Bonchev–Trinajstić information content (AvgIpc) is 2.37. The molecule has 0 radical (unpaired) electrons. The summed E-state index contributed by atoms with van der Waals surface area (Å²) in [5.41, 5.74) is 6.77. The van der Waals surface area contributed by atoms with E-state index in [0.717, 1.165) is 29.2 Å². The Bertz CT molecular complexity index is 358. The van der Waals surface area contributed by atoms with Crippen LogP contribution in [0.15, 0.2) is 18.2 Å². The van der Waals surface area contributed by atoms with Crippen LogP contribution in [-0.2, 0) is 4.74 Å². The van der Waals surface area contributed by atoms with Crippen molar-refractivity contribution < 1.29 is 9.47 Å². The van der Waals surface area contributed by atoms with Crippen LogP contribution in [0.4, 0.5) is 0 Å². The maximum absolute atomic E-state index is 5.94. The second-order valence-electron chi connectivity index (χ2n) is 4.36. The lowest BCUT2D eigenvalue weighted by atomic mass is 10.2. The maximum Gasteiger partial charge on any atom is 0.119 e. The third-order valence-corrected chi connectivity index (χ3v) is 3.11. The Morgan fingerprint density at radius 2 is 2.11 bits per heavy atom. The molecular weight excluding hydrogens is 250 g/mol. The highest BCUT2D eigenvalue weighted by atomic mass is 35.5. The quantitative estimate of drug-likeness (QED) is 0.739. The molecule has 0 aliphatic carbocycles. The average molecular weight is 272 g/mol. The predicted octanol–water partition coefficient (Wildman–Crippen LogP) is 3.17. The fourth-order valence-electron chi connectivity index (χ4n) is 1.41. The van der Waals surface area contributed by atoms with E-state index < -0.39 is 0 Å². The standard InChI is InChI=1S/C14H22ClNO2/c1-3-12(16)10-17-7-4-8-18-13-5-6-14(15)11(2)9-13/h5-6,9,12H,3-4,7-8,10,16H2,1-2H3. The van der Waals surface area contributed by atoms with E-state index in [-0.39, 0.29) is 6.04 Å². The first-order valence-electron chi connectivity index (χ1n) is 6.35. The van der Waals surface area contributed by atoms with Crippen molar-refractivity contribution in [3.63, 3.8) is 0 Å². The minimum atomic E-state index is 0.143. The van der Waals surface area contributed by atoms with Crippen LogP contribution in [0.3, 0.4) is 0 Å². The lowest BCUT2D eigenvalue weighted by Crippen LogP contribution is -2.25. The van der Waals surface area contributed by atoms with Crippen molar-refractivity contribution in [1.82, 2.24) is 0 Å². The predicted molar refractivity (Wildman–Crippen MR) is 75.4 cm³/mol. The molecule has 1 aromatic carbocycles. The van der Waals surface area contributed by atoms with Crippen LogP contribution in [0.2, 0.25) is 5.02 Å². The first-order valence-corrected chi connectivity index (χ1v) is 6.73. The highest BCUT2D eigenvalue weighted by Gasteiger charge is 2.00. The highest BCUT2D eigenvalue weighted by molar-refractivity contribution is 6.31. The number of aryl methyl sites for hydroxylation is 1. The highest BCUT2D eigenvalue weighted by Crippen LogP contribution is 2.20. The molecule has 1 aromatic rings. The summed E-state index contributed by atoms with van der Waals surface area (Å²) in [5, 5.41) is 0.763. The Morgan fingerprint density at radius 1 is 1.33 bits per heavy atom. The number of ether oxygens (including phenoxy) is 2. The van der Waals surface area contributed by atoms with Gasteiger partial charge in [0.15, 0.2) is 0 Å². The summed E-state index contributed by atoms with van der Waals surface area (Å²) in [6.07, 6.45) is 1.80. The van der Waals surface area contributed by atoms with Crippen LogP contribution < -0.4 is 10.5 Å². The molecule has 1 rings (SSSR count). The molecule has 102 valence electrons. The molecule has 0 aliphatic rings. The monoisotopic (exact) mass is 271 g/mol. The summed E-state index contributed by atoms with van der Waals surface area (Å²) >= 11 is 5.94. The van der Waals surface area contributed by atoms with E-state index in [9.17, 15) is 0 Å². The van der Waals surface area contributed by atoms with E-state index in [1.807, 2.05) is 25.1 Å². The second kappa shape index (κ2) is 8.35. The molecular formula is C14H22ClNO2. The molecule has 0 saturated heterocycles. The largest absolute Gasteiger partial charge is 0.493 e. The van der Waals surface area contributed by atoms with Crippen molar-refractivity contribution in [2.75, 3.05) is 19.8 Å². The first-order chi connectivity index (χ1) is 8.63. The van der Waals surface area contributed by atoms with E-state index in [4.69, 9.17) is 26.8 Å². The number of nitrogens with two attached hydrogens (primary N) is 1. The van der Waals surface area contributed by atoms with Gasteiger partial charge in [0, 0.05) is 24.1 Å². The van der Waals surface area contributed by atoms with E-state index in [2.05, 4.69) is 6.92 Å². The van der Waals surface area contributed by atoms with E-state index in [1.165, 1.54) is 0 Å². The molecule has 0 aromatic heterocycles. The summed E-state index contributed by atoms with van der Waals surface area (Å²) in [7, 11) is 0. The zero-order valence-electron chi connectivity index (χ0n) is 11.1. The molecule has 0 saturated carbocycles. The van der Waals surface area contributed by atoms with Gasteiger partial charge in [-0.1, -0.05) is 18.5 Å². The normalized spacial score (nSPS) is 12.4. The van der Waals surface area contributed by atoms with Gasteiger partial charge in [-0.2, -0.15) is 0 Å². The minimum Gasteiger partial charge on any atom is -0.493 e. The van der Waals surface area contributed by atoms with Gasteiger partial charge >= 0.3 is 0 Å². The van der Waals surface area contributed by atoms with Crippen LogP contribution >= 0.6 is 11.6 Å². The van der Waals surface area contributed by atoms with Gasteiger partial charge in [-0.05, 0) is 37.1 Å². The van der Waals surface area contributed by atoms with Gasteiger partial charge in [-0.3, -0.25) is 0 Å². The zero-order chi connectivity index (χ0) is 13.4. The molecule has 0 spiro atoms. The van der Waals surface area contributed by atoms with Crippen LogP contribution in [0.5, 0.6) is 5.75 Å². The molecule has 1 atom stereocenters. The Balaban J connectivity index is 2.12. The molecule has 4 heteroatoms. The molecule has 0 bridgehead atoms. The third-order valence-electron chi connectivity index (χ3n) is 2.69. The maximum atomic E-state index is 5.94. The van der Waals surface area contributed by atoms with Crippen molar-refractivity contribution >= 4 is 11.6 Å². The van der Waals surface area contributed by atoms with Gasteiger partial charge in [0.1, 0.15) is 5.75 Å². The van der Waals surface area contributed by atoms with Gasteiger partial charge in [0.2, 0.25) is 0 Å². The van der Waals surface area contributed by atoms with Crippen molar-refractivity contribution in [2.24, 2.45) is 5.73 Å². The van der Waals surface area contributed by atoms with Gasteiger partial charge < -0.3 is 15.2 Å². The number of halogens is 1. The summed E-state index contributed by atoms with van der Waals surface area (Å²) in [5.74, 6) is 0.849. The van der Waals surface area contributed by atoms with E-state index >= 15 is 0 Å². The lowest BCUT2D eigenvalue weighted by molar-refractivity contribution is 0.107. The van der Waals surface area contributed by atoms with Crippen LogP contribution in [0, 0.1) is 6.92 Å². The van der Waals surface area contributed by atoms with Crippen molar-refractivity contribution in [1.29, 1.82) is 0 Å². The van der Waals surface area contributed by atoms with Gasteiger partial charge in [0.25, 0.3) is 0 Å². The lowest BCUT2D eigenvalue weighted by Gasteiger charge is -2.10. The Hall–Kier alpha value is -0.770. The Kier molecular flexibility index (Phi) is 7.09. The van der Waals surface area contributed by atoms with Crippen LogP contribution in [0.1, 0.15) is 25.3 Å². The number of hydrogen-bond donors (Lipinski definition) is 1. The molecule has 2 N–H and O–H groups in total. The molecule has 0 heterocycles. The van der Waals surface area contributed by atoms with Crippen molar-refractivity contribution in [3.05, 3.63) is 28.8 Å². The van der Waals surface area contributed by atoms with Gasteiger partial charge in [0.05, 0.1) is 13.2 Å². The SMILES string of the molecule is CCC(N)COCCCOc1ccc(Cl)c(C)c1. The second-order valence-corrected chi connectivity index (χ2v) is 4.76. The number of benzene rings is 1. The Morgan fingerprint density at radius 3 is 2.78 bits per heavy atom. The molecule has 3 nitrogen and oxygen atoms in total. The summed E-state index contributed by atoms with van der Waals surface area (Å²) in [4.78, 5) is 0. The zero-order valence-corrected chi connectivity index (χ0v) is 11.9. The molecule has 0 aliphatic heterocycles. The van der Waals surface area contributed by atoms with Crippen molar-refractivity contribution in [3.8, 4) is 5.75 Å². The molecule has 0 amide bonds. The molecule has 1 unspecified atom stereocenters. The third kappa shape index (κ3) is 5.71. The van der Waals surface area contributed by atoms with E-state index in [1.54, 1.807) is 0 Å². The smallest absolute Gasteiger partial charge is 0.119 e. The minimum absolute atomic E-state index is 0.143. The topological polar surface area (TPSA) is 44.5 Å². The fourth-order valence-corrected chi connectivity index (χ4v) is 1.53. The van der Waals surface area contributed by atoms with Crippen LogP contribution in [-0.4, -0.2) is 25.9 Å². The summed E-state index contributed by atoms with van der Waals surface area (Å²) < 4.78 is 11.0. The molecule has 18 heavy (non-hydrogen) atoms. The van der Waals surface area contributed by atoms with E-state index in [0.29, 0.717) is 19.8 Å². The van der Waals surface area contributed by atoms with Crippen LogP contribution in [0.25, 0.3) is 0 Å². The fraction of sp³-hybridized carbons (Fsp3) is 0.571. The first kappa shape index (κ1) is 15.3. The number of rotatable bonds is 8. The van der Waals surface area contributed by atoms with Gasteiger partial charge in [-0.15, -0.1) is 0 Å². The summed E-state index contributed by atoms with van der Waals surface area (Å²) in [6.45, 7) is 5.96. The van der Waals surface area contributed by atoms with Gasteiger partial charge in [-0.25, -0.2) is 0 Å². The molecule has 0 fully saturated rings. The van der Waals surface area contributed by atoms with Crippen molar-refractivity contribution in [2.45, 2.75) is 32.7 Å². The summed E-state index contributed by atoms with van der Waals surface area (Å²) in [6, 6.07) is 5.81. The number of hydrogen-bond acceptors (Lipinski definition) is 3. The Labute approximate surface area is 114 Å².